The molecule has 39 heavy (non-hydrogen) atoms. The highest BCUT2D eigenvalue weighted by Gasteiger charge is 2.29. The second-order valence-electron chi connectivity index (χ2n) is 9.71. The summed E-state index contributed by atoms with van der Waals surface area (Å²) in [5, 5.41) is 8.79. The molecule has 0 N–H and O–H groups in total. The van der Waals surface area contributed by atoms with Gasteiger partial charge in [0.05, 0.1) is 18.9 Å². The Morgan fingerprint density at radius 2 is 1.87 bits per heavy atom. The summed E-state index contributed by atoms with van der Waals surface area (Å²) in [6, 6.07) is 17.1. The number of anilines is 1. The number of hydrogen-bond donors (Lipinski definition) is 0. The molecule has 3 heterocycles. The summed E-state index contributed by atoms with van der Waals surface area (Å²) in [5.74, 6) is 0.501. The standard InChI is InChI=1S/C29H32FN5O4/c1-38-24-8-3-5-21(18-24)26-10-11-27(32-31-26)33-12-14-34(15-13-33)28(36)20-35(19-25-9-4-16-39-25)29(37)22-6-2-7-23(30)17-22/h2-3,5-8,10-11,17-18,25H,4,9,12-16,19-20H2,1H3/t25-/m1/s1. The molecule has 0 unspecified atom stereocenters. The van der Waals surface area contributed by atoms with Gasteiger partial charge in [-0.15, -0.1) is 10.2 Å². The van der Waals surface area contributed by atoms with Crippen molar-refractivity contribution in [3.63, 3.8) is 0 Å². The maximum atomic E-state index is 13.8. The number of amides is 2. The third-order valence-corrected chi connectivity index (χ3v) is 7.11. The molecule has 2 aliphatic rings. The van der Waals surface area contributed by atoms with Crippen LogP contribution in [0.1, 0.15) is 23.2 Å². The van der Waals surface area contributed by atoms with Gasteiger partial charge in [0.2, 0.25) is 5.91 Å². The zero-order valence-corrected chi connectivity index (χ0v) is 22.0. The first-order valence-corrected chi connectivity index (χ1v) is 13.2. The molecule has 2 amide bonds. The molecule has 1 aromatic heterocycles. The first-order chi connectivity index (χ1) is 19.0. The van der Waals surface area contributed by atoms with Crippen molar-refractivity contribution in [1.82, 2.24) is 20.0 Å². The third kappa shape index (κ3) is 6.51. The van der Waals surface area contributed by atoms with Gasteiger partial charge in [-0.05, 0) is 55.3 Å². The molecule has 204 valence electrons. The number of benzene rings is 2. The molecule has 0 spiro atoms. The van der Waals surface area contributed by atoms with E-state index in [0.717, 1.165) is 35.7 Å². The number of carbonyl (C=O) groups is 2. The van der Waals surface area contributed by atoms with E-state index in [1.54, 1.807) is 18.1 Å². The Hall–Kier alpha value is -4.05. The van der Waals surface area contributed by atoms with Crippen LogP contribution in [0.2, 0.25) is 0 Å². The second-order valence-corrected chi connectivity index (χ2v) is 9.71. The molecule has 10 heteroatoms. The van der Waals surface area contributed by atoms with E-state index in [4.69, 9.17) is 9.47 Å². The van der Waals surface area contributed by atoms with Crippen molar-refractivity contribution in [2.45, 2.75) is 18.9 Å². The maximum absolute atomic E-state index is 13.8. The van der Waals surface area contributed by atoms with Crippen LogP contribution in [0.25, 0.3) is 11.3 Å². The van der Waals surface area contributed by atoms with Gasteiger partial charge in [-0.3, -0.25) is 9.59 Å². The monoisotopic (exact) mass is 533 g/mol. The number of nitrogens with zero attached hydrogens (tertiary/aromatic N) is 5. The van der Waals surface area contributed by atoms with Crippen molar-refractivity contribution in [1.29, 1.82) is 0 Å². The van der Waals surface area contributed by atoms with Gasteiger partial charge in [-0.1, -0.05) is 18.2 Å². The lowest BCUT2D eigenvalue weighted by molar-refractivity contribution is -0.132. The summed E-state index contributed by atoms with van der Waals surface area (Å²) in [5.41, 5.74) is 1.89. The number of halogens is 1. The van der Waals surface area contributed by atoms with Gasteiger partial charge in [-0.2, -0.15) is 0 Å². The number of piperazine rings is 1. The zero-order valence-electron chi connectivity index (χ0n) is 22.0. The smallest absolute Gasteiger partial charge is 0.254 e. The van der Waals surface area contributed by atoms with Crippen molar-refractivity contribution in [3.8, 4) is 17.0 Å². The molecule has 0 saturated carbocycles. The predicted molar refractivity (Wildman–Crippen MR) is 144 cm³/mol. The maximum Gasteiger partial charge on any atom is 0.254 e. The van der Waals surface area contributed by atoms with Gasteiger partial charge < -0.3 is 24.2 Å². The molecule has 9 nitrogen and oxygen atoms in total. The highest BCUT2D eigenvalue weighted by Crippen LogP contribution is 2.23. The molecule has 0 aliphatic carbocycles. The van der Waals surface area contributed by atoms with E-state index < -0.39 is 5.82 Å². The summed E-state index contributed by atoms with van der Waals surface area (Å²) >= 11 is 0. The van der Waals surface area contributed by atoms with Crippen LogP contribution >= 0.6 is 0 Å². The van der Waals surface area contributed by atoms with E-state index in [-0.39, 0.29) is 30.0 Å². The lowest BCUT2D eigenvalue weighted by Gasteiger charge is -2.36. The van der Waals surface area contributed by atoms with Gasteiger partial charge in [0.15, 0.2) is 5.82 Å². The van der Waals surface area contributed by atoms with Crippen molar-refractivity contribution in [3.05, 3.63) is 72.0 Å². The van der Waals surface area contributed by atoms with Gasteiger partial charge >= 0.3 is 0 Å². The molecule has 0 radical (unpaired) electrons. The van der Waals surface area contributed by atoms with Gasteiger partial charge in [-0.25, -0.2) is 4.39 Å². The Morgan fingerprint density at radius 1 is 1.05 bits per heavy atom. The Labute approximate surface area is 227 Å². The van der Waals surface area contributed by atoms with Crippen LogP contribution in [0.4, 0.5) is 10.2 Å². The molecule has 2 aliphatic heterocycles. The minimum absolute atomic E-state index is 0.0791. The van der Waals surface area contributed by atoms with Crippen molar-refractivity contribution in [2.24, 2.45) is 0 Å². The van der Waals surface area contributed by atoms with Crippen LogP contribution < -0.4 is 9.64 Å². The van der Waals surface area contributed by atoms with Crippen LogP contribution in [-0.4, -0.2) is 90.9 Å². The van der Waals surface area contributed by atoms with Crippen LogP contribution in [0, 0.1) is 5.82 Å². The van der Waals surface area contributed by atoms with Crippen LogP contribution in [0.15, 0.2) is 60.7 Å². The summed E-state index contributed by atoms with van der Waals surface area (Å²) in [7, 11) is 1.63. The number of ether oxygens (including phenoxy) is 2. The second kappa shape index (κ2) is 12.2. The predicted octanol–water partition coefficient (Wildman–Crippen LogP) is 3.26. The fraction of sp³-hybridized carbons (Fsp3) is 0.379. The normalized spacial score (nSPS) is 17.2. The van der Waals surface area contributed by atoms with E-state index in [2.05, 4.69) is 15.1 Å². The minimum Gasteiger partial charge on any atom is -0.497 e. The average molecular weight is 534 g/mol. The Kier molecular flexibility index (Phi) is 8.31. The van der Waals surface area contributed by atoms with Gasteiger partial charge in [0.1, 0.15) is 18.1 Å². The topological polar surface area (TPSA) is 88.1 Å². The van der Waals surface area contributed by atoms with Crippen molar-refractivity contribution in [2.75, 3.05) is 57.9 Å². The van der Waals surface area contributed by atoms with E-state index in [9.17, 15) is 14.0 Å². The minimum atomic E-state index is -0.486. The highest BCUT2D eigenvalue weighted by molar-refractivity contribution is 5.96. The lowest BCUT2D eigenvalue weighted by atomic mass is 10.1. The molecular weight excluding hydrogens is 501 g/mol. The summed E-state index contributed by atoms with van der Waals surface area (Å²) < 4.78 is 24.8. The molecule has 0 bridgehead atoms. The Bertz CT molecular complexity index is 1290. The number of aromatic nitrogens is 2. The Balaban J connectivity index is 1.19. The number of methoxy groups -OCH3 is 1. The van der Waals surface area contributed by atoms with Crippen molar-refractivity contribution < 1.29 is 23.5 Å². The molecule has 2 aromatic carbocycles. The van der Waals surface area contributed by atoms with Crippen LogP contribution in [-0.2, 0) is 9.53 Å². The van der Waals surface area contributed by atoms with Crippen LogP contribution in [0.5, 0.6) is 5.75 Å². The molecular formula is C29H32FN5O4. The number of rotatable bonds is 8. The SMILES string of the molecule is COc1cccc(-c2ccc(N3CCN(C(=O)CN(C[C@H]4CCCO4)C(=O)c4cccc(F)c4)CC3)nn2)c1. The third-order valence-electron chi connectivity index (χ3n) is 7.11. The molecule has 1 atom stereocenters. The highest BCUT2D eigenvalue weighted by atomic mass is 19.1. The van der Waals surface area contributed by atoms with Gasteiger partial charge in [0.25, 0.3) is 5.91 Å². The molecule has 3 aromatic rings. The Morgan fingerprint density at radius 3 is 2.56 bits per heavy atom. The van der Waals surface area contributed by atoms with E-state index in [0.29, 0.717) is 39.3 Å². The molecule has 5 rings (SSSR count). The largest absolute Gasteiger partial charge is 0.497 e. The quantitative estimate of drug-likeness (QED) is 0.439. The van der Waals surface area contributed by atoms with E-state index in [1.165, 1.54) is 23.1 Å². The number of carbonyl (C=O) groups excluding carboxylic acids is 2. The average Bonchev–Trinajstić information content (AvgIpc) is 3.50. The van der Waals surface area contributed by atoms with Gasteiger partial charge in [0, 0.05) is 50.5 Å². The summed E-state index contributed by atoms with van der Waals surface area (Å²) in [4.78, 5) is 31.8. The molecule has 2 saturated heterocycles. The van der Waals surface area contributed by atoms with Crippen molar-refractivity contribution >= 4 is 17.6 Å². The summed E-state index contributed by atoms with van der Waals surface area (Å²) in [6.07, 6.45) is 1.63. The van der Waals surface area contributed by atoms with E-state index in [1.807, 2.05) is 36.4 Å². The number of hydrogen-bond acceptors (Lipinski definition) is 7. The van der Waals surface area contributed by atoms with Crippen LogP contribution in [0.3, 0.4) is 0 Å². The molecule has 2 fully saturated rings. The first kappa shape index (κ1) is 26.6. The fourth-order valence-corrected chi connectivity index (χ4v) is 4.94. The first-order valence-electron chi connectivity index (χ1n) is 13.2. The summed E-state index contributed by atoms with van der Waals surface area (Å²) in [6.45, 7) is 3.07. The zero-order chi connectivity index (χ0) is 27.2. The van der Waals surface area contributed by atoms with E-state index >= 15 is 0 Å². The lowest BCUT2D eigenvalue weighted by Crippen LogP contribution is -2.52. The fourth-order valence-electron chi connectivity index (χ4n) is 4.94.